The van der Waals surface area contributed by atoms with Gasteiger partial charge in [0.2, 0.25) is 5.91 Å². The number of benzene rings is 2. The summed E-state index contributed by atoms with van der Waals surface area (Å²) in [7, 11) is 0. The van der Waals surface area contributed by atoms with Crippen LogP contribution in [-0.4, -0.2) is 53.1 Å². The lowest BCUT2D eigenvalue weighted by atomic mass is 10.0. The van der Waals surface area contributed by atoms with Crippen molar-refractivity contribution in [1.82, 2.24) is 10.2 Å². The molecule has 0 aromatic heterocycles. The lowest BCUT2D eigenvalue weighted by Gasteiger charge is -2.29. The largest absolute Gasteiger partial charge is 0.480 e. The summed E-state index contributed by atoms with van der Waals surface area (Å²) in [6.07, 6.45) is 2.11. The molecule has 2 aromatic rings. The molecular formula is C25H30N2O5. The Hall–Kier alpha value is -3.19. The van der Waals surface area contributed by atoms with Gasteiger partial charge < -0.3 is 14.7 Å². The van der Waals surface area contributed by atoms with Gasteiger partial charge in [-0.3, -0.25) is 14.9 Å². The van der Waals surface area contributed by atoms with Gasteiger partial charge in [-0.2, -0.15) is 0 Å². The molecule has 0 aliphatic carbocycles. The number of carbonyl (C=O) groups is 3. The van der Waals surface area contributed by atoms with Gasteiger partial charge >= 0.3 is 11.9 Å². The Morgan fingerprint density at radius 1 is 1.06 bits per heavy atom. The lowest BCUT2D eigenvalue weighted by Crippen LogP contribution is -2.49. The highest BCUT2D eigenvalue weighted by Crippen LogP contribution is 2.36. The van der Waals surface area contributed by atoms with Gasteiger partial charge in [0, 0.05) is 0 Å². The highest BCUT2D eigenvalue weighted by molar-refractivity contribution is 5.86. The summed E-state index contributed by atoms with van der Waals surface area (Å²) in [5, 5.41) is 12.7. The molecule has 1 amide bonds. The van der Waals surface area contributed by atoms with E-state index in [1.165, 1.54) is 4.90 Å². The first-order chi connectivity index (χ1) is 15.5. The molecule has 7 nitrogen and oxygen atoms in total. The zero-order valence-corrected chi connectivity index (χ0v) is 18.3. The Labute approximate surface area is 188 Å². The number of hydrogen-bond acceptors (Lipinski definition) is 5. The van der Waals surface area contributed by atoms with E-state index >= 15 is 0 Å². The second kappa shape index (κ2) is 11.4. The van der Waals surface area contributed by atoms with Crippen LogP contribution >= 0.6 is 0 Å². The molecule has 1 aliphatic heterocycles. The minimum Gasteiger partial charge on any atom is -0.480 e. The van der Waals surface area contributed by atoms with Gasteiger partial charge in [0.05, 0.1) is 19.2 Å². The topological polar surface area (TPSA) is 95.9 Å². The molecular weight excluding hydrogens is 408 g/mol. The number of ether oxygens (including phenoxy) is 1. The van der Waals surface area contributed by atoms with E-state index in [-0.39, 0.29) is 25.1 Å². The molecule has 0 radical (unpaired) electrons. The van der Waals surface area contributed by atoms with Crippen molar-refractivity contribution < 1.29 is 24.2 Å². The summed E-state index contributed by atoms with van der Waals surface area (Å²) < 4.78 is 5.18. The number of nitrogens with one attached hydrogen (secondary N) is 1. The second-order valence-corrected chi connectivity index (χ2v) is 7.87. The maximum Gasteiger partial charge on any atom is 0.326 e. The first-order valence-electron chi connectivity index (χ1n) is 11.0. The molecule has 3 rings (SSSR count). The molecule has 3 unspecified atom stereocenters. The average Bonchev–Trinajstić information content (AvgIpc) is 3.26. The molecule has 3 atom stereocenters. The number of amides is 1. The van der Waals surface area contributed by atoms with Crippen LogP contribution in [0.4, 0.5) is 0 Å². The molecule has 0 bridgehead atoms. The monoisotopic (exact) mass is 438 g/mol. The van der Waals surface area contributed by atoms with Crippen LogP contribution in [0.3, 0.4) is 0 Å². The summed E-state index contributed by atoms with van der Waals surface area (Å²) in [6.45, 7) is 1.86. The first kappa shape index (κ1) is 23.5. The predicted octanol–water partition coefficient (Wildman–Crippen LogP) is 2.96. The van der Waals surface area contributed by atoms with Crippen molar-refractivity contribution in [3.8, 4) is 0 Å². The van der Waals surface area contributed by atoms with Crippen molar-refractivity contribution in [3.05, 3.63) is 71.8 Å². The third kappa shape index (κ3) is 5.95. The Kier molecular flexibility index (Phi) is 8.39. The molecule has 1 saturated heterocycles. The number of nitrogens with zero attached hydrogens (tertiary/aromatic N) is 1. The standard InChI is InChI=1S/C25H30N2O5/c1-2-32-25(31)20(14-13-18-9-5-3-6-10-18)26-17-23(28)27-21(15-16-22(27)24(29)30)19-11-7-4-8-12-19/h3-12,20-22,26H,2,13-17H2,1H3,(H,29,30). The normalized spacial score (nSPS) is 18.8. The Morgan fingerprint density at radius 3 is 2.34 bits per heavy atom. The van der Waals surface area contributed by atoms with E-state index < -0.39 is 24.0 Å². The molecule has 170 valence electrons. The lowest BCUT2D eigenvalue weighted by molar-refractivity contribution is -0.150. The first-order valence-corrected chi connectivity index (χ1v) is 11.0. The number of carbonyl (C=O) groups excluding carboxylic acids is 2. The van der Waals surface area contributed by atoms with Crippen molar-refractivity contribution in [3.63, 3.8) is 0 Å². The Balaban J connectivity index is 1.69. The minimum atomic E-state index is -1.01. The van der Waals surface area contributed by atoms with Gasteiger partial charge in [-0.15, -0.1) is 0 Å². The molecule has 1 aliphatic rings. The molecule has 2 aromatic carbocycles. The number of aryl methyl sites for hydroxylation is 1. The summed E-state index contributed by atoms with van der Waals surface area (Å²) >= 11 is 0. The highest BCUT2D eigenvalue weighted by atomic mass is 16.5. The fourth-order valence-electron chi connectivity index (χ4n) is 4.21. The van der Waals surface area contributed by atoms with Crippen LogP contribution in [0.15, 0.2) is 60.7 Å². The van der Waals surface area contributed by atoms with E-state index in [4.69, 9.17) is 4.74 Å². The van der Waals surface area contributed by atoms with Crippen molar-refractivity contribution in [1.29, 1.82) is 0 Å². The predicted molar refractivity (Wildman–Crippen MR) is 120 cm³/mol. The van der Waals surface area contributed by atoms with Crippen LogP contribution < -0.4 is 5.32 Å². The molecule has 1 fully saturated rings. The quantitative estimate of drug-likeness (QED) is 0.554. The smallest absolute Gasteiger partial charge is 0.326 e. The summed E-state index contributed by atoms with van der Waals surface area (Å²) in [5.74, 6) is -1.76. The molecule has 0 spiro atoms. The number of carboxylic acids is 1. The average molecular weight is 439 g/mol. The fourth-order valence-corrected chi connectivity index (χ4v) is 4.21. The fraction of sp³-hybridized carbons (Fsp3) is 0.400. The summed E-state index contributed by atoms with van der Waals surface area (Å²) in [5.41, 5.74) is 2.00. The SMILES string of the molecule is CCOC(=O)C(CCc1ccccc1)NCC(=O)N1C(C(=O)O)CCC1c1ccccc1. The second-order valence-electron chi connectivity index (χ2n) is 7.87. The van der Waals surface area contributed by atoms with Crippen LogP contribution in [0.1, 0.15) is 43.4 Å². The van der Waals surface area contributed by atoms with Crippen LogP contribution in [0.2, 0.25) is 0 Å². The van der Waals surface area contributed by atoms with Gasteiger partial charge in [-0.1, -0.05) is 60.7 Å². The van der Waals surface area contributed by atoms with Crippen LogP contribution in [0, 0.1) is 0 Å². The highest BCUT2D eigenvalue weighted by Gasteiger charge is 2.41. The van der Waals surface area contributed by atoms with E-state index in [1.807, 2.05) is 60.7 Å². The number of carboxylic acid groups (broad SMARTS) is 1. The van der Waals surface area contributed by atoms with Crippen LogP contribution in [0.5, 0.6) is 0 Å². The molecule has 7 heteroatoms. The molecule has 2 N–H and O–H groups in total. The van der Waals surface area contributed by atoms with Crippen LogP contribution in [-0.2, 0) is 25.5 Å². The van der Waals surface area contributed by atoms with Gasteiger partial charge in [-0.25, -0.2) is 4.79 Å². The zero-order chi connectivity index (χ0) is 22.9. The molecule has 32 heavy (non-hydrogen) atoms. The van der Waals surface area contributed by atoms with Gasteiger partial charge in [-0.05, 0) is 43.7 Å². The minimum absolute atomic E-state index is 0.134. The molecule has 0 saturated carbocycles. The number of aliphatic carboxylic acids is 1. The maximum atomic E-state index is 13.2. The van der Waals surface area contributed by atoms with E-state index in [2.05, 4.69) is 5.32 Å². The third-order valence-corrected chi connectivity index (χ3v) is 5.78. The maximum absolute atomic E-state index is 13.2. The van der Waals surface area contributed by atoms with Gasteiger partial charge in [0.1, 0.15) is 12.1 Å². The van der Waals surface area contributed by atoms with Crippen molar-refractivity contribution >= 4 is 17.8 Å². The molecule has 1 heterocycles. The zero-order valence-electron chi connectivity index (χ0n) is 18.3. The van der Waals surface area contributed by atoms with Gasteiger partial charge in [0.15, 0.2) is 0 Å². The Morgan fingerprint density at radius 2 is 1.72 bits per heavy atom. The number of hydrogen-bond donors (Lipinski definition) is 2. The van der Waals surface area contributed by atoms with E-state index in [0.29, 0.717) is 25.7 Å². The van der Waals surface area contributed by atoms with E-state index in [1.54, 1.807) is 6.92 Å². The number of esters is 1. The van der Waals surface area contributed by atoms with Crippen LogP contribution in [0.25, 0.3) is 0 Å². The number of rotatable bonds is 10. The van der Waals surface area contributed by atoms with Crippen molar-refractivity contribution in [2.24, 2.45) is 0 Å². The van der Waals surface area contributed by atoms with Crippen molar-refractivity contribution in [2.75, 3.05) is 13.2 Å². The van der Waals surface area contributed by atoms with E-state index in [0.717, 1.165) is 11.1 Å². The third-order valence-electron chi connectivity index (χ3n) is 5.78. The summed E-state index contributed by atoms with van der Waals surface area (Å²) in [6, 6.07) is 17.4. The van der Waals surface area contributed by atoms with Crippen molar-refractivity contribution in [2.45, 2.75) is 50.7 Å². The number of likely N-dealkylation sites (tertiary alicyclic amines) is 1. The Bertz CT molecular complexity index is 903. The summed E-state index contributed by atoms with van der Waals surface area (Å²) in [4.78, 5) is 38.8. The van der Waals surface area contributed by atoms with Gasteiger partial charge in [0.25, 0.3) is 0 Å². The van der Waals surface area contributed by atoms with E-state index in [9.17, 15) is 19.5 Å².